The molecule has 0 radical (unpaired) electrons. The maximum atomic E-state index is 12.1. The van der Waals surface area contributed by atoms with E-state index in [4.69, 9.17) is 10.5 Å². The van der Waals surface area contributed by atoms with Crippen molar-refractivity contribution in [3.63, 3.8) is 0 Å². The first-order valence-electron chi connectivity index (χ1n) is 5.71. The molecular formula is C12H20N2O3S. The number of aryl methyl sites for hydroxylation is 1. The largest absolute Gasteiger partial charge is 0.495 e. The summed E-state index contributed by atoms with van der Waals surface area (Å²) in [4.78, 5) is 0.0775. The Morgan fingerprint density at radius 2 is 2.00 bits per heavy atom. The number of methoxy groups -OCH3 is 1. The molecule has 3 N–H and O–H groups in total. The van der Waals surface area contributed by atoms with Crippen LogP contribution in [-0.2, 0) is 10.0 Å². The summed E-state index contributed by atoms with van der Waals surface area (Å²) in [5, 5.41) is 0. The van der Waals surface area contributed by atoms with Crippen molar-refractivity contribution in [1.29, 1.82) is 0 Å². The highest BCUT2D eigenvalue weighted by Gasteiger charge is 2.20. The van der Waals surface area contributed by atoms with Crippen molar-refractivity contribution < 1.29 is 13.2 Å². The molecule has 0 aliphatic rings. The first kappa shape index (κ1) is 14.8. The lowest BCUT2D eigenvalue weighted by Crippen LogP contribution is -2.28. The molecular weight excluding hydrogens is 252 g/mol. The average molecular weight is 272 g/mol. The quantitative estimate of drug-likeness (QED) is 0.796. The molecule has 0 saturated carbocycles. The van der Waals surface area contributed by atoms with Crippen LogP contribution < -0.4 is 15.2 Å². The van der Waals surface area contributed by atoms with Gasteiger partial charge in [0.15, 0.2) is 0 Å². The van der Waals surface area contributed by atoms with E-state index >= 15 is 0 Å². The number of sulfonamides is 1. The van der Waals surface area contributed by atoms with Crippen molar-refractivity contribution in [2.45, 2.75) is 25.7 Å². The van der Waals surface area contributed by atoms with Gasteiger partial charge < -0.3 is 10.5 Å². The Morgan fingerprint density at radius 1 is 1.39 bits per heavy atom. The molecule has 5 nitrogen and oxygen atoms in total. The number of hydrogen-bond acceptors (Lipinski definition) is 4. The van der Waals surface area contributed by atoms with Crippen LogP contribution in [0.3, 0.4) is 0 Å². The third-order valence-corrected chi connectivity index (χ3v) is 3.97. The van der Waals surface area contributed by atoms with E-state index in [1.54, 1.807) is 13.0 Å². The van der Waals surface area contributed by atoms with Crippen LogP contribution in [0.5, 0.6) is 5.75 Å². The van der Waals surface area contributed by atoms with Crippen LogP contribution in [-0.4, -0.2) is 22.1 Å². The van der Waals surface area contributed by atoms with E-state index < -0.39 is 10.0 Å². The van der Waals surface area contributed by atoms with Crippen molar-refractivity contribution >= 4 is 15.7 Å². The zero-order valence-corrected chi connectivity index (χ0v) is 12.0. The molecule has 0 bridgehead atoms. The molecule has 1 aromatic carbocycles. The number of nitrogens with two attached hydrogens (primary N) is 1. The molecule has 0 saturated heterocycles. The summed E-state index contributed by atoms with van der Waals surface area (Å²) in [6, 6.07) is 3.05. The van der Waals surface area contributed by atoms with Gasteiger partial charge in [-0.3, -0.25) is 0 Å². The minimum atomic E-state index is -3.59. The predicted octanol–water partition coefficient (Wildman–Crippen LogP) is 1.52. The molecule has 18 heavy (non-hydrogen) atoms. The van der Waals surface area contributed by atoms with Gasteiger partial charge in [0.05, 0.1) is 7.11 Å². The summed E-state index contributed by atoms with van der Waals surface area (Å²) in [5.41, 5.74) is 6.97. The van der Waals surface area contributed by atoms with Gasteiger partial charge in [0.25, 0.3) is 0 Å². The fourth-order valence-corrected chi connectivity index (χ4v) is 2.80. The number of hydrogen-bond donors (Lipinski definition) is 2. The Bertz CT molecular complexity index is 524. The van der Waals surface area contributed by atoms with Gasteiger partial charge in [0, 0.05) is 12.2 Å². The first-order chi connectivity index (χ1) is 8.27. The lowest BCUT2D eigenvalue weighted by Gasteiger charge is -2.13. The standard InChI is InChI=1S/C12H20N2O3S/c1-8(2)7-14-18(15,16)12-6-10(13)9(3)5-11(12)17-4/h5-6,8,14H,7,13H2,1-4H3. The fraction of sp³-hybridized carbons (Fsp3) is 0.500. The summed E-state index contributed by atoms with van der Waals surface area (Å²) in [6.45, 7) is 6.04. The smallest absolute Gasteiger partial charge is 0.244 e. The molecule has 0 fully saturated rings. The van der Waals surface area contributed by atoms with Gasteiger partial charge in [-0.1, -0.05) is 13.8 Å². The van der Waals surface area contributed by atoms with Crippen LogP contribution in [0.2, 0.25) is 0 Å². The Labute approximate surface area is 108 Å². The lowest BCUT2D eigenvalue weighted by molar-refractivity contribution is 0.402. The third kappa shape index (κ3) is 3.36. The summed E-state index contributed by atoms with van der Waals surface area (Å²) >= 11 is 0. The van der Waals surface area contributed by atoms with E-state index in [9.17, 15) is 8.42 Å². The highest BCUT2D eigenvalue weighted by molar-refractivity contribution is 7.89. The summed E-state index contributed by atoms with van der Waals surface area (Å²) < 4.78 is 31.9. The molecule has 0 spiro atoms. The summed E-state index contributed by atoms with van der Waals surface area (Å²) in [5.74, 6) is 0.534. The Balaban J connectivity index is 3.19. The highest BCUT2D eigenvalue weighted by Crippen LogP contribution is 2.28. The predicted molar refractivity (Wildman–Crippen MR) is 72.2 cm³/mol. The second-order valence-electron chi connectivity index (χ2n) is 4.61. The minimum absolute atomic E-state index is 0.0775. The van der Waals surface area contributed by atoms with Crippen LogP contribution in [0.25, 0.3) is 0 Å². The molecule has 1 aromatic rings. The zero-order chi connectivity index (χ0) is 13.9. The topological polar surface area (TPSA) is 81.4 Å². The van der Waals surface area contributed by atoms with Crippen LogP contribution >= 0.6 is 0 Å². The van der Waals surface area contributed by atoms with Gasteiger partial charge in [-0.05, 0) is 30.5 Å². The first-order valence-corrected chi connectivity index (χ1v) is 7.20. The van der Waals surface area contributed by atoms with E-state index in [2.05, 4.69) is 4.72 Å². The average Bonchev–Trinajstić information content (AvgIpc) is 2.29. The van der Waals surface area contributed by atoms with Gasteiger partial charge in [0.2, 0.25) is 10.0 Å². The molecule has 0 atom stereocenters. The van der Waals surface area contributed by atoms with Crippen molar-refractivity contribution in [3.8, 4) is 5.75 Å². The Kier molecular flexibility index (Phi) is 4.59. The highest BCUT2D eigenvalue weighted by atomic mass is 32.2. The van der Waals surface area contributed by atoms with Gasteiger partial charge in [-0.25, -0.2) is 13.1 Å². The third-order valence-electron chi connectivity index (χ3n) is 2.52. The zero-order valence-electron chi connectivity index (χ0n) is 11.1. The molecule has 6 heteroatoms. The molecule has 0 heterocycles. The molecule has 1 rings (SSSR count). The normalized spacial score (nSPS) is 11.8. The Hall–Kier alpha value is -1.27. The Morgan fingerprint density at radius 3 is 2.50 bits per heavy atom. The number of ether oxygens (including phenoxy) is 1. The van der Waals surface area contributed by atoms with E-state index in [-0.39, 0.29) is 10.8 Å². The number of anilines is 1. The second-order valence-corrected chi connectivity index (χ2v) is 6.34. The van der Waals surface area contributed by atoms with Crippen LogP contribution in [0.1, 0.15) is 19.4 Å². The summed E-state index contributed by atoms with van der Waals surface area (Å²) in [6.07, 6.45) is 0. The van der Waals surface area contributed by atoms with Crippen molar-refractivity contribution in [2.24, 2.45) is 5.92 Å². The maximum absolute atomic E-state index is 12.1. The van der Waals surface area contributed by atoms with Crippen molar-refractivity contribution in [1.82, 2.24) is 4.72 Å². The minimum Gasteiger partial charge on any atom is -0.495 e. The number of nitrogens with one attached hydrogen (secondary N) is 1. The molecule has 0 unspecified atom stereocenters. The van der Waals surface area contributed by atoms with Crippen molar-refractivity contribution in [3.05, 3.63) is 17.7 Å². The second kappa shape index (κ2) is 5.58. The fourth-order valence-electron chi connectivity index (χ4n) is 1.40. The van der Waals surface area contributed by atoms with Crippen molar-refractivity contribution in [2.75, 3.05) is 19.4 Å². The van der Waals surface area contributed by atoms with Gasteiger partial charge in [-0.2, -0.15) is 0 Å². The van der Waals surface area contributed by atoms with E-state index in [0.717, 1.165) is 5.56 Å². The van der Waals surface area contributed by atoms with Crippen LogP contribution in [0.15, 0.2) is 17.0 Å². The molecule has 0 amide bonds. The lowest BCUT2D eigenvalue weighted by atomic mass is 10.2. The van der Waals surface area contributed by atoms with E-state index in [1.807, 2.05) is 13.8 Å². The van der Waals surface area contributed by atoms with Gasteiger partial charge in [-0.15, -0.1) is 0 Å². The van der Waals surface area contributed by atoms with Crippen LogP contribution in [0.4, 0.5) is 5.69 Å². The molecule has 102 valence electrons. The van der Waals surface area contributed by atoms with E-state index in [1.165, 1.54) is 13.2 Å². The maximum Gasteiger partial charge on any atom is 0.244 e. The van der Waals surface area contributed by atoms with Gasteiger partial charge >= 0.3 is 0 Å². The van der Waals surface area contributed by atoms with Crippen LogP contribution in [0, 0.1) is 12.8 Å². The molecule has 0 aliphatic heterocycles. The van der Waals surface area contributed by atoms with Gasteiger partial charge in [0.1, 0.15) is 10.6 Å². The number of benzene rings is 1. The molecule has 0 aromatic heterocycles. The summed E-state index contributed by atoms with van der Waals surface area (Å²) in [7, 11) is -2.16. The number of rotatable bonds is 5. The number of nitrogen functional groups attached to an aromatic ring is 1. The molecule has 0 aliphatic carbocycles. The monoisotopic (exact) mass is 272 g/mol. The SMILES string of the molecule is COc1cc(C)c(N)cc1S(=O)(=O)NCC(C)C. The van der Waals surface area contributed by atoms with E-state index in [0.29, 0.717) is 18.0 Å².